The summed E-state index contributed by atoms with van der Waals surface area (Å²) in [7, 11) is 0. The van der Waals surface area contributed by atoms with E-state index in [0.29, 0.717) is 24.0 Å². The third-order valence-electron chi connectivity index (χ3n) is 4.01. The Morgan fingerprint density at radius 3 is 2.81 bits per heavy atom. The number of anilines is 1. The molecule has 5 heteroatoms. The van der Waals surface area contributed by atoms with E-state index in [2.05, 4.69) is 5.32 Å². The van der Waals surface area contributed by atoms with Crippen LogP contribution in [0.5, 0.6) is 11.5 Å². The maximum Gasteiger partial charge on any atom is 0.163 e. The monoisotopic (exact) mass is 305 g/mol. The van der Waals surface area contributed by atoms with E-state index < -0.39 is 0 Å². The van der Waals surface area contributed by atoms with Crippen molar-refractivity contribution < 1.29 is 13.9 Å². The van der Waals surface area contributed by atoms with Crippen molar-refractivity contribution in [2.24, 2.45) is 0 Å². The molecular formula is C16H16ClNO3. The Morgan fingerprint density at radius 2 is 1.95 bits per heavy atom. The molecular weight excluding hydrogens is 290 g/mol. The number of ether oxygens (including phenoxy) is 2. The van der Waals surface area contributed by atoms with Gasteiger partial charge in [-0.05, 0) is 18.9 Å². The smallest absolute Gasteiger partial charge is 0.163 e. The normalized spacial score (nSPS) is 20.0. The highest BCUT2D eigenvalue weighted by Gasteiger charge is 2.24. The summed E-state index contributed by atoms with van der Waals surface area (Å²) in [6, 6.07) is 6.01. The Morgan fingerprint density at radius 1 is 1.14 bits per heavy atom. The van der Waals surface area contributed by atoms with Crippen LogP contribution in [0, 0.1) is 0 Å². The summed E-state index contributed by atoms with van der Waals surface area (Å²) in [5.74, 6) is 2.54. The van der Waals surface area contributed by atoms with Gasteiger partial charge in [0.25, 0.3) is 0 Å². The first-order chi connectivity index (χ1) is 10.3. The fourth-order valence-electron chi connectivity index (χ4n) is 3.00. The molecule has 0 amide bonds. The first-order valence-corrected chi connectivity index (χ1v) is 7.61. The van der Waals surface area contributed by atoms with Crippen molar-refractivity contribution in [1.82, 2.24) is 0 Å². The lowest BCUT2D eigenvalue weighted by Gasteiger charge is -2.26. The minimum absolute atomic E-state index is 0.229. The molecule has 2 aromatic rings. The van der Waals surface area contributed by atoms with Crippen molar-refractivity contribution in [3.8, 4) is 11.5 Å². The molecule has 1 aliphatic heterocycles. The van der Waals surface area contributed by atoms with Crippen molar-refractivity contribution in [3.63, 3.8) is 0 Å². The molecule has 1 aliphatic carbocycles. The van der Waals surface area contributed by atoms with E-state index in [1.165, 1.54) is 5.56 Å². The topological polar surface area (TPSA) is 43.6 Å². The van der Waals surface area contributed by atoms with E-state index in [0.717, 1.165) is 36.5 Å². The quantitative estimate of drug-likeness (QED) is 0.903. The number of hydrogen-bond donors (Lipinski definition) is 1. The van der Waals surface area contributed by atoms with E-state index in [9.17, 15) is 0 Å². The summed E-state index contributed by atoms with van der Waals surface area (Å²) >= 11 is 6.36. The molecule has 0 radical (unpaired) electrons. The zero-order valence-electron chi connectivity index (χ0n) is 11.5. The van der Waals surface area contributed by atoms with Crippen LogP contribution in [0.3, 0.4) is 0 Å². The van der Waals surface area contributed by atoms with Gasteiger partial charge in [0.1, 0.15) is 19.0 Å². The summed E-state index contributed by atoms with van der Waals surface area (Å²) in [6.45, 7) is 1.14. The predicted molar refractivity (Wildman–Crippen MR) is 80.5 cm³/mol. The number of rotatable bonds is 2. The third kappa shape index (κ3) is 2.33. The zero-order valence-corrected chi connectivity index (χ0v) is 12.3. The number of fused-ring (bicyclic) bond motifs is 2. The minimum atomic E-state index is 0.229. The highest BCUT2D eigenvalue weighted by atomic mass is 35.5. The van der Waals surface area contributed by atoms with Crippen LogP contribution in [0.2, 0.25) is 5.02 Å². The standard InChI is InChI=1S/C16H16ClNO3/c17-11-8-15-16(21-7-6-20-15)9-13(11)18-12-2-1-3-14-10(12)4-5-19-14/h4-5,8-9,12,18H,1-3,6-7H2. The van der Waals surface area contributed by atoms with Crippen molar-refractivity contribution >= 4 is 17.3 Å². The lowest BCUT2D eigenvalue weighted by molar-refractivity contribution is 0.171. The number of halogens is 1. The second-order valence-corrected chi connectivity index (χ2v) is 5.77. The highest BCUT2D eigenvalue weighted by molar-refractivity contribution is 6.33. The summed E-state index contributed by atoms with van der Waals surface area (Å²) in [5.41, 5.74) is 2.10. The van der Waals surface area contributed by atoms with Gasteiger partial charge in [-0.3, -0.25) is 0 Å². The maximum atomic E-state index is 6.36. The third-order valence-corrected chi connectivity index (χ3v) is 4.33. The first kappa shape index (κ1) is 12.9. The van der Waals surface area contributed by atoms with E-state index in [1.807, 2.05) is 18.2 Å². The van der Waals surface area contributed by atoms with Gasteiger partial charge in [0, 0.05) is 24.1 Å². The van der Waals surface area contributed by atoms with Gasteiger partial charge in [-0.25, -0.2) is 0 Å². The summed E-state index contributed by atoms with van der Waals surface area (Å²) in [6.07, 6.45) is 4.95. The Hall–Kier alpha value is -1.81. The van der Waals surface area contributed by atoms with Gasteiger partial charge in [-0.2, -0.15) is 0 Å². The van der Waals surface area contributed by atoms with Gasteiger partial charge in [0.15, 0.2) is 11.5 Å². The Balaban J connectivity index is 1.63. The molecule has 1 aromatic heterocycles. The lowest BCUT2D eigenvalue weighted by Crippen LogP contribution is -2.18. The average molecular weight is 306 g/mol. The molecule has 1 N–H and O–H groups in total. The number of aryl methyl sites for hydroxylation is 1. The molecule has 1 unspecified atom stereocenters. The number of benzene rings is 1. The molecule has 4 nitrogen and oxygen atoms in total. The molecule has 0 saturated heterocycles. The van der Waals surface area contributed by atoms with Crippen LogP contribution in [0.25, 0.3) is 0 Å². The largest absolute Gasteiger partial charge is 0.486 e. The minimum Gasteiger partial charge on any atom is -0.486 e. The van der Waals surface area contributed by atoms with Crippen molar-refractivity contribution in [1.29, 1.82) is 0 Å². The maximum absolute atomic E-state index is 6.36. The molecule has 0 saturated carbocycles. The van der Waals surface area contributed by atoms with Crippen molar-refractivity contribution in [2.75, 3.05) is 18.5 Å². The molecule has 1 aromatic carbocycles. The fourth-order valence-corrected chi connectivity index (χ4v) is 3.21. The Bertz CT molecular complexity index is 668. The number of hydrogen-bond acceptors (Lipinski definition) is 4. The van der Waals surface area contributed by atoms with Gasteiger partial charge in [-0.15, -0.1) is 0 Å². The predicted octanol–water partition coefficient (Wildman–Crippen LogP) is 4.19. The van der Waals surface area contributed by atoms with Crippen LogP contribution in [-0.2, 0) is 6.42 Å². The molecule has 2 heterocycles. The van der Waals surface area contributed by atoms with E-state index in [1.54, 1.807) is 6.26 Å². The molecule has 0 spiro atoms. The van der Waals surface area contributed by atoms with Crippen molar-refractivity contribution in [2.45, 2.75) is 25.3 Å². The van der Waals surface area contributed by atoms with Gasteiger partial charge in [-0.1, -0.05) is 11.6 Å². The zero-order chi connectivity index (χ0) is 14.2. The Kier molecular flexibility index (Phi) is 3.19. The number of furan rings is 1. The van der Waals surface area contributed by atoms with E-state index >= 15 is 0 Å². The molecule has 4 rings (SSSR count). The molecule has 21 heavy (non-hydrogen) atoms. The molecule has 0 bridgehead atoms. The number of nitrogens with one attached hydrogen (secondary N) is 1. The molecule has 0 fully saturated rings. The fraction of sp³-hybridized carbons (Fsp3) is 0.375. The van der Waals surface area contributed by atoms with Gasteiger partial charge < -0.3 is 19.2 Å². The average Bonchev–Trinajstić information content (AvgIpc) is 2.97. The second-order valence-electron chi connectivity index (χ2n) is 5.36. The van der Waals surface area contributed by atoms with Crippen LogP contribution in [0.4, 0.5) is 5.69 Å². The van der Waals surface area contributed by atoms with E-state index in [-0.39, 0.29) is 6.04 Å². The van der Waals surface area contributed by atoms with Crippen LogP contribution in [0.15, 0.2) is 28.9 Å². The van der Waals surface area contributed by atoms with E-state index in [4.69, 9.17) is 25.5 Å². The van der Waals surface area contributed by atoms with Crippen LogP contribution in [-0.4, -0.2) is 13.2 Å². The SMILES string of the molecule is Clc1cc2c(cc1NC1CCCc3occc31)OCCO2. The van der Waals surface area contributed by atoms with Gasteiger partial charge >= 0.3 is 0 Å². The van der Waals surface area contributed by atoms with Gasteiger partial charge in [0.05, 0.1) is 23.0 Å². The van der Waals surface area contributed by atoms with Crippen LogP contribution in [0.1, 0.15) is 30.2 Å². The second kappa shape index (κ2) is 5.19. The summed E-state index contributed by atoms with van der Waals surface area (Å²) in [5, 5.41) is 4.16. The van der Waals surface area contributed by atoms with Gasteiger partial charge in [0.2, 0.25) is 0 Å². The molecule has 2 aliphatic rings. The Labute approximate surface area is 128 Å². The van der Waals surface area contributed by atoms with Crippen molar-refractivity contribution in [3.05, 3.63) is 40.8 Å². The molecule has 1 atom stereocenters. The lowest BCUT2D eigenvalue weighted by atomic mass is 9.93. The summed E-state index contributed by atoms with van der Waals surface area (Å²) in [4.78, 5) is 0. The first-order valence-electron chi connectivity index (χ1n) is 7.23. The highest BCUT2D eigenvalue weighted by Crippen LogP contribution is 2.41. The summed E-state index contributed by atoms with van der Waals surface area (Å²) < 4.78 is 16.7. The molecule has 110 valence electrons. The van der Waals surface area contributed by atoms with Crippen LogP contribution < -0.4 is 14.8 Å². The van der Waals surface area contributed by atoms with Crippen LogP contribution >= 0.6 is 11.6 Å².